The van der Waals surface area contributed by atoms with Gasteiger partial charge in [-0.3, -0.25) is 19.0 Å². The Labute approximate surface area is 298 Å². The maximum absolute atomic E-state index is 12.3. The molecule has 0 unspecified atom stereocenters. The molecule has 4 N–H and O–H groups in total. The predicted molar refractivity (Wildman–Crippen MR) is 201 cm³/mol. The second-order valence-corrected chi connectivity index (χ2v) is 14.5. The second kappa shape index (κ2) is 17.4. The van der Waals surface area contributed by atoms with Gasteiger partial charge in [-0.15, -0.1) is 0 Å². The summed E-state index contributed by atoms with van der Waals surface area (Å²) in [6, 6.07) is 15.6. The van der Waals surface area contributed by atoms with Crippen molar-refractivity contribution in [2.24, 2.45) is 0 Å². The number of aryl methyl sites for hydroxylation is 2. The zero-order valence-electron chi connectivity index (χ0n) is 31.9. The Morgan fingerprint density at radius 1 is 0.580 bits per heavy atom. The smallest absolute Gasteiger partial charge is 0.310 e. The number of hydrogen-bond donors (Lipinski definition) is 2. The fraction of sp³-hybridized carbons (Fsp3) is 0.500. The summed E-state index contributed by atoms with van der Waals surface area (Å²) in [5.41, 5.74) is 20.5. The molecule has 2 heterocycles. The fourth-order valence-corrected chi connectivity index (χ4v) is 5.84. The van der Waals surface area contributed by atoms with Gasteiger partial charge in [-0.1, -0.05) is 52.0 Å². The Morgan fingerprint density at radius 3 is 1.16 bits per heavy atom. The first-order chi connectivity index (χ1) is 23.5. The first-order valence-corrected chi connectivity index (χ1v) is 17.7. The molecule has 4 rings (SSSR count). The zero-order chi connectivity index (χ0) is 37.2. The summed E-state index contributed by atoms with van der Waals surface area (Å²) in [7, 11) is 0. The Morgan fingerprint density at radius 2 is 0.900 bits per heavy atom. The summed E-state index contributed by atoms with van der Waals surface area (Å²) in [6.45, 7) is 21.0. The number of nitrogens with zero attached hydrogens (tertiary/aromatic N) is 4. The molecule has 50 heavy (non-hydrogen) atoms. The van der Waals surface area contributed by atoms with Crippen LogP contribution in [-0.4, -0.2) is 42.7 Å². The van der Waals surface area contributed by atoms with Crippen LogP contribution in [0.5, 0.6) is 0 Å². The average molecular weight is 687 g/mol. The number of benzene rings is 2. The van der Waals surface area contributed by atoms with E-state index in [9.17, 15) is 9.59 Å². The third kappa shape index (κ3) is 11.8. The Balaban J connectivity index is 0.000000270. The van der Waals surface area contributed by atoms with E-state index in [1.165, 1.54) is 0 Å². The minimum Gasteiger partial charge on any atom is -0.460 e. The Kier molecular flexibility index (Phi) is 13.8. The Bertz CT molecular complexity index is 1580. The number of aromatic nitrogens is 4. The first kappa shape index (κ1) is 39.8. The molecule has 0 aliphatic carbocycles. The maximum atomic E-state index is 12.3. The van der Waals surface area contributed by atoms with Crippen molar-refractivity contribution in [2.75, 3.05) is 11.5 Å². The Hall–Kier alpha value is -4.60. The molecule has 0 saturated heterocycles. The van der Waals surface area contributed by atoms with Gasteiger partial charge in [-0.2, -0.15) is 10.2 Å². The highest BCUT2D eigenvalue weighted by molar-refractivity contribution is 5.74. The van der Waals surface area contributed by atoms with Crippen LogP contribution >= 0.6 is 0 Å². The van der Waals surface area contributed by atoms with E-state index in [2.05, 4.69) is 27.7 Å². The highest BCUT2D eigenvalue weighted by Gasteiger charge is 2.24. The lowest BCUT2D eigenvalue weighted by Gasteiger charge is -2.19. The van der Waals surface area contributed by atoms with Crippen LogP contribution < -0.4 is 11.5 Å². The molecule has 272 valence electrons. The molecule has 0 amide bonds. The van der Waals surface area contributed by atoms with E-state index in [0.29, 0.717) is 13.1 Å². The summed E-state index contributed by atoms with van der Waals surface area (Å²) in [6.07, 6.45) is 3.76. The number of esters is 2. The molecule has 2 aromatic heterocycles. The number of hydrogen-bond acceptors (Lipinski definition) is 8. The number of ether oxygens (including phenoxy) is 2. The molecule has 10 nitrogen and oxygen atoms in total. The van der Waals surface area contributed by atoms with Crippen LogP contribution in [0.2, 0.25) is 0 Å². The van der Waals surface area contributed by atoms with E-state index in [1.807, 2.05) is 99.4 Å². The van der Waals surface area contributed by atoms with E-state index in [4.69, 9.17) is 31.1 Å². The minimum atomic E-state index is -0.476. The number of nitrogens with two attached hydrogens (primary N) is 2. The number of nitrogen functional groups attached to an aromatic ring is 2. The fourth-order valence-electron chi connectivity index (χ4n) is 5.84. The molecular weight excluding hydrogens is 628 g/mol. The van der Waals surface area contributed by atoms with Crippen LogP contribution in [0.15, 0.2) is 48.5 Å². The van der Waals surface area contributed by atoms with Gasteiger partial charge in [-0.25, -0.2) is 0 Å². The number of anilines is 2. The summed E-state index contributed by atoms with van der Waals surface area (Å²) in [4.78, 5) is 24.6. The molecule has 0 bridgehead atoms. The van der Waals surface area contributed by atoms with E-state index in [-0.39, 0.29) is 24.8 Å². The van der Waals surface area contributed by atoms with Gasteiger partial charge in [0, 0.05) is 33.9 Å². The van der Waals surface area contributed by atoms with Gasteiger partial charge in [0.25, 0.3) is 0 Å². The molecule has 10 heteroatoms. The highest BCUT2D eigenvalue weighted by Crippen LogP contribution is 2.22. The summed E-state index contributed by atoms with van der Waals surface area (Å²) < 4.78 is 15.0. The van der Waals surface area contributed by atoms with E-state index >= 15 is 0 Å². The molecule has 0 radical (unpaired) electrons. The van der Waals surface area contributed by atoms with E-state index < -0.39 is 11.2 Å². The van der Waals surface area contributed by atoms with Crippen molar-refractivity contribution in [3.05, 3.63) is 93.6 Å². The van der Waals surface area contributed by atoms with Crippen molar-refractivity contribution < 1.29 is 19.1 Å². The lowest BCUT2D eigenvalue weighted by Crippen LogP contribution is -2.25. The standard InChI is InChI=1S/2C20H29N3O2/c2*1-6-17-16(12-19(24)25-20(3,4)5)18(7-2)23(22-17)13-14-8-10-15(21)11-9-14/h2*8-11H,6-7,12-13,21H2,1-5H3. The number of carbonyl (C=O) groups is 2. The van der Waals surface area contributed by atoms with Crippen LogP contribution in [-0.2, 0) is 70.7 Å². The summed E-state index contributed by atoms with van der Waals surface area (Å²) in [5.74, 6) is -0.409. The van der Waals surface area contributed by atoms with Crippen LogP contribution in [0.4, 0.5) is 11.4 Å². The predicted octanol–water partition coefficient (Wildman–Crippen LogP) is 7.05. The van der Waals surface area contributed by atoms with Gasteiger partial charge < -0.3 is 20.9 Å². The molecule has 0 aliphatic heterocycles. The normalized spacial score (nSPS) is 11.6. The third-order valence-corrected chi connectivity index (χ3v) is 7.95. The lowest BCUT2D eigenvalue weighted by molar-refractivity contribution is -0.155. The molecule has 0 atom stereocenters. The summed E-state index contributed by atoms with van der Waals surface area (Å²) in [5, 5.41) is 9.49. The minimum absolute atomic E-state index is 0.205. The van der Waals surface area contributed by atoms with Crippen LogP contribution in [0, 0.1) is 0 Å². The van der Waals surface area contributed by atoms with Crippen molar-refractivity contribution in [3.63, 3.8) is 0 Å². The van der Waals surface area contributed by atoms with Crippen molar-refractivity contribution in [1.82, 2.24) is 19.6 Å². The van der Waals surface area contributed by atoms with Gasteiger partial charge in [-0.05, 0) is 103 Å². The largest absolute Gasteiger partial charge is 0.460 e. The summed E-state index contributed by atoms with van der Waals surface area (Å²) >= 11 is 0. The molecule has 0 saturated carbocycles. The molecule has 2 aromatic carbocycles. The molecule has 0 spiro atoms. The van der Waals surface area contributed by atoms with E-state index in [0.717, 1.165) is 82.1 Å². The SMILES string of the molecule is CCc1nn(Cc2ccc(N)cc2)c(CC)c1CC(=O)OC(C)(C)C.CCc1nn(Cc2ccc(N)cc2)c(CC)c1CC(=O)OC(C)(C)C. The topological polar surface area (TPSA) is 140 Å². The van der Waals surface area contributed by atoms with Gasteiger partial charge in [0.2, 0.25) is 0 Å². The van der Waals surface area contributed by atoms with Gasteiger partial charge in [0.15, 0.2) is 0 Å². The zero-order valence-corrected chi connectivity index (χ0v) is 31.9. The first-order valence-electron chi connectivity index (χ1n) is 17.7. The van der Waals surface area contributed by atoms with E-state index in [1.54, 1.807) is 0 Å². The van der Waals surface area contributed by atoms with Gasteiger partial charge >= 0.3 is 11.9 Å². The van der Waals surface area contributed by atoms with Crippen LogP contribution in [0.3, 0.4) is 0 Å². The highest BCUT2D eigenvalue weighted by atomic mass is 16.6. The second-order valence-electron chi connectivity index (χ2n) is 14.5. The quantitative estimate of drug-likeness (QED) is 0.119. The van der Waals surface area contributed by atoms with Crippen molar-refractivity contribution in [1.29, 1.82) is 0 Å². The van der Waals surface area contributed by atoms with Crippen LogP contribution in [0.1, 0.15) is 114 Å². The monoisotopic (exact) mass is 686 g/mol. The van der Waals surface area contributed by atoms with Gasteiger partial charge in [0.1, 0.15) is 11.2 Å². The average Bonchev–Trinajstić information content (AvgIpc) is 3.53. The lowest BCUT2D eigenvalue weighted by atomic mass is 10.1. The molecular formula is C40H58N6O4. The molecule has 0 fully saturated rings. The number of rotatable bonds is 12. The molecule has 0 aliphatic rings. The van der Waals surface area contributed by atoms with Gasteiger partial charge in [0.05, 0.1) is 37.3 Å². The maximum Gasteiger partial charge on any atom is 0.310 e. The van der Waals surface area contributed by atoms with Crippen molar-refractivity contribution in [2.45, 2.75) is 132 Å². The third-order valence-electron chi connectivity index (χ3n) is 7.95. The van der Waals surface area contributed by atoms with Crippen molar-refractivity contribution in [3.8, 4) is 0 Å². The van der Waals surface area contributed by atoms with Crippen LogP contribution in [0.25, 0.3) is 0 Å². The van der Waals surface area contributed by atoms with Crippen molar-refractivity contribution >= 4 is 23.3 Å². The molecule has 4 aromatic rings. The number of carbonyl (C=O) groups excluding carboxylic acids is 2.